The lowest BCUT2D eigenvalue weighted by Crippen LogP contribution is -2.09. The average Bonchev–Trinajstić information content (AvgIpc) is 2.55. The van der Waals surface area contributed by atoms with E-state index in [1.165, 1.54) is 29.7 Å². The number of hydrogen-bond acceptors (Lipinski definition) is 2. The minimum atomic E-state index is -2.98. The molecule has 1 aliphatic rings. The molecular formula is C18H16F2O2. The summed E-state index contributed by atoms with van der Waals surface area (Å²) < 4.78 is 30.6. The van der Waals surface area contributed by atoms with Crippen molar-refractivity contribution in [2.45, 2.75) is 32.1 Å². The lowest BCUT2D eigenvalue weighted by atomic mass is 9.91. The predicted molar refractivity (Wildman–Crippen MR) is 79.9 cm³/mol. The standard InChI is InChI=1S/C18H16F2O2/c19-18(20)17(21)13-8-10-14(11-9-13)22-16-7-3-5-12-4-1-2-6-15(12)16/h3,5,7-11,18H,1-2,4,6H2. The zero-order valence-corrected chi connectivity index (χ0v) is 12.0. The molecule has 2 aromatic rings. The van der Waals surface area contributed by atoms with Crippen molar-refractivity contribution in [3.8, 4) is 11.5 Å². The SMILES string of the molecule is O=C(c1ccc(Oc2cccc3c2CCCC3)cc1)C(F)F. The lowest BCUT2D eigenvalue weighted by molar-refractivity contribution is 0.0678. The highest BCUT2D eigenvalue weighted by Crippen LogP contribution is 2.32. The third-order valence-electron chi connectivity index (χ3n) is 3.92. The summed E-state index contributed by atoms with van der Waals surface area (Å²) in [5, 5.41) is 0. The molecule has 0 fully saturated rings. The minimum absolute atomic E-state index is 0.00237. The highest BCUT2D eigenvalue weighted by molar-refractivity contribution is 5.98. The topological polar surface area (TPSA) is 26.3 Å². The van der Waals surface area contributed by atoms with Crippen LogP contribution >= 0.6 is 0 Å². The lowest BCUT2D eigenvalue weighted by Gasteiger charge is -2.19. The van der Waals surface area contributed by atoms with Crippen molar-refractivity contribution in [1.82, 2.24) is 0 Å². The van der Waals surface area contributed by atoms with E-state index < -0.39 is 12.2 Å². The van der Waals surface area contributed by atoms with Crippen molar-refractivity contribution in [3.63, 3.8) is 0 Å². The van der Waals surface area contributed by atoms with Crippen LogP contribution in [0.25, 0.3) is 0 Å². The van der Waals surface area contributed by atoms with Gasteiger partial charge in [0.2, 0.25) is 5.78 Å². The second kappa shape index (κ2) is 6.26. The van der Waals surface area contributed by atoms with Gasteiger partial charge in [-0.1, -0.05) is 12.1 Å². The molecule has 2 nitrogen and oxygen atoms in total. The number of alkyl halides is 2. The van der Waals surface area contributed by atoms with Crippen molar-refractivity contribution < 1.29 is 18.3 Å². The molecular weight excluding hydrogens is 286 g/mol. The minimum Gasteiger partial charge on any atom is -0.457 e. The van der Waals surface area contributed by atoms with Gasteiger partial charge in [0.25, 0.3) is 0 Å². The summed E-state index contributed by atoms with van der Waals surface area (Å²) in [4.78, 5) is 11.2. The van der Waals surface area contributed by atoms with Crippen LogP contribution in [0.1, 0.15) is 34.3 Å². The summed E-state index contributed by atoms with van der Waals surface area (Å²) in [6.07, 6.45) is 1.42. The third-order valence-corrected chi connectivity index (χ3v) is 3.92. The Morgan fingerprint density at radius 2 is 1.73 bits per heavy atom. The zero-order valence-electron chi connectivity index (χ0n) is 12.0. The molecule has 1 aliphatic carbocycles. The molecule has 2 aromatic carbocycles. The molecule has 0 saturated carbocycles. The number of halogens is 2. The number of carbonyl (C=O) groups is 1. The summed E-state index contributed by atoms with van der Waals surface area (Å²) in [6.45, 7) is 0. The van der Waals surface area contributed by atoms with Gasteiger partial charge in [0, 0.05) is 5.56 Å². The van der Waals surface area contributed by atoms with Crippen molar-refractivity contribution in [2.75, 3.05) is 0 Å². The van der Waals surface area contributed by atoms with Crippen LogP contribution in [0.15, 0.2) is 42.5 Å². The van der Waals surface area contributed by atoms with E-state index in [2.05, 4.69) is 6.07 Å². The monoisotopic (exact) mass is 302 g/mol. The van der Waals surface area contributed by atoms with E-state index in [1.54, 1.807) is 12.1 Å². The summed E-state index contributed by atoms with van der Waals surface area (Å²) in [7, 11) is 0. The van der Waals surface area contributed by atoms with Gasteiger partial charge in [-0.3, -0.25) is 4.79 Å². The zero-order chi connectivity index (χ0) is 15.5. The van der Waals surface area contributed by atoms with E-state index in [4.69, 9.17) is 4.74 Å². The Balaban J connectivity index is 1.81. The molecule has 0 saturated heterocycles. The molecule has 0 aliphatic heterocycles. The van der Waals surface area contributed by atoms with Gasteiger partial charge in [0.1, 0.15) is 11.5 Å². The molecule has 3 rings (SSSR count). The van der Waals surface area contributed by atoms with E-state index >= 15 is 0 Å². The number of Topliss-reactive ketones (excluding diaryl/α,β-unsaturated/α-hetero) is 1. The molecule has 0 bridgehead atoms. The largest absolute Gasteiger partial charge is 0.457 e. The molecule has 0 atom stereocenters. The number of carbonyl (C=O) groups excluding carboxylic acids is 1. The Morgan fingerprint density at radius 1 is 1.00 bits per heavy atom. The number of aryl methyl sites for hydroxylation is 1. The maximum atomic E-state index is 12.4. The molecule has 0 amide bonds. The van der Waals surface area contributed by atoms with Crippen molar-refractivity contribution in [3.05, 3.63) is 59.2 Å². The van der Waals surface area contributed by atoms with Crippen LogP contribution in [0, 0.1) is 0 Å². The molecule has 0 spiro atoms. The molecule has 0 N–H and O–H groups in total. The number of rotatable bonds is 4. The fourth-order valence-electron chi connectivity index (χ4n) is 2.78. The fraction of sp³-hybridized carbons (Fsp3) is 0.278. The molecule has 0 aromatic heterocycles. The summed E-state index contributed by atoms with van der Waals surface area (Å²) in [5.74, 6) is 0.193. The second-order valence-electron chi connectivity index (χ2n) is 5.39. The number of hydrogen-bond donors (Lipinski definition) is 0. The summed E-state index contributed by atoms with van der Waals surface area (Å²) >= 11 is 0. The normalized spacial score (nSPS) is 13.8. The van der Waals surface area contributed by atoms with Gasteiger partial charge < -0.3 is 4.74 Å². The smallest absolute Gasteiger partial charge is 0.300 e. The van der Waals surface area contributed by atoms with Crippen LogP contribution < -0.4 is 4.74 Å². The van der Waals surface area contributed by atoms with E-state index in [-0.39, 0.29) is 5.56 Å². The van der Waals surface area contributed by atoms with Gasteiger partial charge in [-0.2, -0.15) is 0 Å². The van der Waals surface area contributed by atoms with Crippen LogP contribution in [0.5, 0.6) is 11.5 Å². The van der Waals surface area contributed by atoms with E-state index in [1.807, 2.05) is 12.1 Å². The average molecular weight is 302 g/mol. The van der Waals surface area contributed by atoms with Gasteiger partial charge in [0.15, 0.2) is 0 Å². The number of ketones is 1. The Kier molecular flexibility index (Phi) is 4.18. The molecule has 114 valence electrons. The van der Waals surface area contributed by atoms with Crippen molar-refractivity contribution in [1.29, 1.82) is 0 Å². The third kappa shape index (κ3) is 3.01. The molecule has 0 heterocycles. The Hall–Kier alpha value is -2.23. The van der Waals surface area contributed by atoms with Crippen LogP contribution in [-0.2, 0) is 12.8 Å². The van der Waals surface area contributed by atoms with Crippen molar-refractivity contribution >= 4 is 5.78 Å². The van der Waals surface area contributed by atoms with Gasteiger partial charge in [-0.05, 0) is 67.1 Å². The van der Waals surface area contributed by atoms with Crippen molar-refractivity contribution in [2.24, 2.45) is 0 Å². The maximum Gasteiger partial charge on any atom is 0.300 e. The summed E-state index contributed by atoms with van der Waals surface area (Å²) in [6, 6.07) is 11.9. The maximum absolute atomic E-state index is 12.4. The van der Waals surface area contributed by atoms with E-state index in [0.717, 1.165) is 25.0 Å². The highest BCUT2D eigenvalue weighted by Gasteiger charge is 2.18. The van der Waals surface area contributed by atoms with Crippen LogP contribution in [0.3, 0.4) is 0 Å². The van der Waals surface area contributed by atoms with E-state index in [0.29, 0.717) is 5.75 Å². The van der Waals surface area contributed by atoms with Gasteiger partial charge in [0.05, 0.1) is 0 Å². The Labute approximate surface area is 127 Å². The first-order valence-corrected chi connectivity index (χ1v) is 7.36. The number of ether oxygens (including phenoxy) is 1. The second-order valence-corrected chi connectivity index (χ2v) is 5.39. The first-order valence-electron chi connectivity index (χ1n) is 7.36. The Morgan fingerprint density at radius 3 is 2.45 bits per heavy atom. The van der Waals surface area contributed by atoms with Gasteiger partial charge in [-0.15, -0.1) is 0 Å². The highest BCUT2D eigenvalue weighted by atomic mass is 19.3. The fourth-order valence-corrected chi connectivity index (χ4v) is 2.78. The Bertz CT molecular complexity index is 678. The molecule has 0 unspecified atom stereocenters. The van der Waals surface area contributed by atoms with Crippen LogP contribution in [-0.4, -0.2) is 12.2 Å². The molecule has 22 heavy (non-hydrogen) atoms. The van der Waals surface area contributed by atoms with E-state index in [9.17, 15) is 13.6 Å². The predicted octanol–water partition coefficient (Wildman–Crippen LogP) is 4.81. The van der Waals surface area contributed by atoms with Crippen LogP contribution in [0.2, 0.25) is 0 Å². The number of benzene rings is 2. The quantitative estimate of drug-likeness (QED) is 0.758. The van der Waals surface area contributed by atoms with Gasteiger partial charge in [-0.25, -0.2) is 8.78 Å². The first kappa shape index (κ1) is 14.7. The van der Waals surface area contributed by atoms with Crippen LogP contribution in [0.4, 0.5) is 8.78 Å². The first-order chi connectivity index (χ1) is 10.6. The summed E-state index contributed by atoms with van der Waals surface area (Å²) in [5.41, 5.74) is 2.53. The number of fused-ring (bicyclic) bond motifs is 1. The van der Waals surface area contributed by atoms with Gasteiger partial charge >= 0.3 is 6.43 Å². The molecule has 4 heteroatoms. The molecule has 0 radical (unpaired) electrons.